The van der Waals surface area contributed by atoms with E-state index in [4.69, 9.17) is 0 Å². The molecule has 0 spiro atoms. The lowest BCUT2D eigenvalue weighted by atomic mass is 10.1. The number of nitrogens with zero attached hydrogens (tertiary/aromatic N) is 4. The summed E-state index contributed by atoms with van der Waals surface area (Å²) >= 11 is 0. The maximum absolute atomic E-state index is 4.39. The van der Waals surface area contributed by atoms with Crippen molar-refractivity contribution in [3.05, 3.63) is 60.2 Å². The molecular formula is C16H14N4. The normalized spacial score (nSPS) is 10.5. The van der Waals surface area contributed by atoms with E-state index in [-0.39, 0.29) is 0 Å². The number of rotatable bonds is 2. The maximum Gasteiger partial charge on any atom is 0.162 e. The summed E-state index contributed by atoms with van der Waals surface area (Å²) in [7, 11) is 0. The highest BCUT2D eigenvalue weighted by Crippen LogP contribution is 2.18. The van der Waals surface area contributed by atoms with Crippen LogP contribution in [-0.2, 0) is 0 Å². The van der Waals surface area contributed by atoms with Gasteiger partial charge in [0.05, 0.1) is 5.56 Å². The van der Waals surface area contributed by atoms with Crippen molar-refractivity contribution in [2.45, 2.75) is 13.8 Å². The van der Waals surface area contributed by atoms with Gasteiger partial charge < -0.3 is 0 Å². The minimum absolute atomic E-state index is 0.644. The highest BCUT2D eigenvalue weighted by Gasteiger charge is 2.04. The summed E-state index contributed by atoms with van der Waals surface area (Å²) in [6.45, 7) is 4.02. The number of aromatic nitrogens is 4. The summed E-state index contributed by atoms with van der Waals surface area (Å²) in [5, 5.41) is 0. The summed E-state index contributed by atoms with van der Waals surface area (Å²) in [5.74, 6) is 1.35. The molecule has 2 heterocycles. The van der Waals surface area contributed by atoms with Gasteiger partial charge in [-0.2, -0.15) is 0 Å². The molecule has 0 atom stereocenters. The zero-order valence-corrected chi connectivity index (χ0v) is 11.4. The van der Waals surface area contributed by atoms with Crippen LogP contribution in [0.1, 0.15) is 11.1 Å². The van der Waals surface area contributed by atoms with Gasteiger partial charge in [0.15, 0.2) is 11.6 Å². The Labute approximate surface area is 117 Å². The van der Waals surface area contributed by atoms with Crippen molar-refractivity contribution in [1.29, 1.82) is 0 Å². The SMILES string of the molecule is Cc1ccc(-c2ncc(-c3ncc(C)cn3)cn2)cc1. The predicted octanol–water partition coefficient (Wildman–Crippen LogP) is 3.22. The molecule has 0 aliphatic carbocycles. The van der Waals surface area contributed by atoms with E-state index >= 15 is 0 Å². The summed E-state index contributed by atoms with van der Waals surface area (Å²) in [6, 6.07) is 8.14. The van der Waals surface area contributed by atoms with Gasteiger partial charge in [-0.05, 0) is 19.4 Å². The van der Waals surface area contributed by atoms with Crippen molar-refractivity contribution < 1.29 is 0 Å². The lowest BCUT2D eigenvalue weighted by molar-refractivity contribution is 1.11. The number of hydrogen-bond donors (Lipinski definition) is 0. The molecule has 0 aliphatic rings. The zero-order chi connectivity index (χ0) is 13.9. The van der Waals surface area contributed by atoms with Crippen LogP contribution in [-0.4, -0.2) is 19.9 Å². The Balaban J connectivity index is 1.91. The largest absolute Gasteiger partial charge is 0.236 e. The number of benzene rings is 1. The highest BCUT2D eigenvalue weighted by atomic mass is 14.9. The molecular weight excluding hydrogens is 248 g/mol. The van der Waals surface area contributed by atoms with Crippen LogP contribution in [0.2, 0.25) is 0 Å². The molecule has 0 aliphatic heterocycles. The van der Waals surface area contributed by atoms with Crippen LogP contribution in [0.5, 0.6) is 0 Å². The first-order valence-corrected chi connectivity index (χ1v) is 6.40. The quantitative estimate of drug-likeness (QED) is 0.711. The average molecular weight is 262 g/mol. The van der Waals surface area contributed by atoms with Crippen molar-refractivity contribution in [3.63, 3.8) is 0 Å². The first-order chi connectivity index (χ1) is 9.72. The molecule has 0 radical (unpaired) electrons. The predicted molar refractivity (Wildman–Crippen MR) is 78.0 cm³/mol. The summed E-state index contributed by atoms with van der Waals surface area (Å²) in [6.07, 6.45) is 7.09. The van der Waals surface area contributed by atoms with Crippen molar-refractivity contribution in [2.75, 3.05) is 0 Å². The van der Waals surface area contributed by atoms with Gasteiger partial charge in [-0.3, -0.25) is 0 Å². The molecule has 0 unspecified atom stereocenters. The smallest absolute Gasteiger partial charge is 0.162 e. The fourth-order valence-corrected chi connectivity index (χ4v) is 1.84. The van der Waals surface area contributed by atoms with E-state index in [1.54, 1.807) is 24.8 Å². The molecule has 3 rings (SSSR count). The van der Waals surface area contributed by atoms with Gasteiger partial charge in [0.2, 0.25) is 0 Å². The fraction of sp³-hybridized carbons (Fsp3) is 0.125. The van der Waals surface area contributed by atoms with Gasteiger partial charge in [0.25, 0.3) is 0 Å². The van der Waals surface area contributed by atoms with Gasteiger partial charge in [0.1, 0.15) is 0 Å². The van der Waals surface area contributed by atoms with Crippen LogP contribution in [0, 0.1) is 13.8 Å². The van der Waals surface area contributed by atoms with Crippen LogP contribution in [0.3, 0.4) is 0 Å². The highest BCUT2D eigenvalue weighted by molar-refractivity contribution is 5.58. The Morgan fingerprint density at radius 1 is 0.550 bits per heavy atom. The number of aryl methyl sites for hydroxylation is 2. The van der Waals surface area contributed by atoms with Crippen LogP contribution < -0.4 is 0 Å². The first-order valence-electron chi connectivity index (χ1n) is 6.40. The van der Waals surface area contributed by atoms with Crippen molar-refractivity contribution in [2.24, 2.45) is 0 Å². The molecule has 0 saturated carbocycles. The average Bonchev–Trinajstić information content (AvgIpc) is 2.49. The molecule has 0 bridgehead atoms. The second-order valence-electron chi connectivity index (χ2n) is 4.75. The Bertz CT molecular complexity index is 636. The minimum atomic E-state index is 0.644. The molecule has 4 nitrogen and oxygen atoms in total. The monoisotopic (exact) mass is 262 g/mol. The van der Waals surface area contributed by atoms with Crippen LogP contribution in [0.4, 0.5) is 0 Å². The fourth-order valence-electron chi connectivity index (χ4n) is 1.84. The Hall–Kier alpha value is -2.62. The molecule has 0 amide bonds. The van der Waals surface area contributed by atoms with Gasteiger partial charge in [-0.15, -0.1) is 0 Å². The lowest BCUT2D eigenvalue weighted by Gasteiger charge is -2.03. The molecule has 3 aromatic rings. The topological polar surface area (TPSA) is 51.6 Å². The molecule has 0 fully saturated rings. The molecule has 0 saturated heterocycles. The summed E-state index contributed by atoms with van der Waals surface area (Å²) in [5.41, 5.74) is 4.08. The van der Waals surface area contributed by atoms with Gasteiger partial charge >= 0.3 is 0 Å². The Kier molecular flexibility index (Phi) is 3.21. The molecule has 2 aromatic heterocycles. The van der Waals surface area contributed by atoms with E-state index in [1.807, 2.05) is 19.1 Å². The third-order valence-electron chi connectivity index (χ3n) is 3.00. The van der Waals surface area contributed by atoms with Crippen molar-refractivity contribution >= 4 is 0 Å². The molecule has 4 heteroatoms. The maximum atomic E-state index is 4.39. The van der Waals surface area contributed by atoms with E-state index < -0.39 is 0 Å². The molecule has 0 N–H and O–H groups in total. The van der Waals surface area contributed by atoms with Crippen molar-refractivity contribution in [1.82, 2.24) is 19.9 Å². The lowest BCUT2D eigenvalue weighted by Crippen LogP contribution is -1.93. The van der Waals surface area contributed by atoms with E-state index in [0.29, 0.717) is 11.6 Å². The first kappa shape index (κ1) is 12.4. The van der Waals surface area contributed by atoms with Crippen LogP contribution in [0.25, 0.3) is 22.8 Å². The standard InChI is InChI=1S/C16H14N4/c1-11-3-5-13(6-4-11)15-19-9-14(10-20-15)16-17-7-12(2)8-18-16/h3-10H,1-2H3. The second-order valence-corrected chi connectivity index (χ2v) is 4.75. The Morgan fingerprint density at radius 2 is 1.05 bits per heavy atom. The van der Waals surface area contributed by atoms with Crippen LogP contribution in [0.15, 0.2) is 49.1 Å². The van der Waals surface area contributed by atoms with Gasteiger partial charge in [-0.25, -0.2) is 19.9 Å². The van der Waals surface area contributed by atoms with Gasteiger partial charge in [0, 0.05) is 30.4 Å². The van der Waals surface area contributed by atoms with Gasteiger partial charge in [-0.1, -0.05) is 29.8 Å². The number of hydrogen-bond acceptors (Lipinski definition) is 4. The molecule has 20 heavy (non-hydrogen) atoms. The van der Waals surface area contributed by atoms with E-state index in [1.165, 1.54) is 5.56 Å². The van der Waals surface area contributed by atoms with E-state index in [2.05, 4.69) is 39.0 Å². The third kappa shape index (κ3) is 2.54. The van der Waals surface area contributed by atoms with E-state index in [9.17, 15) is 0 Å². The zero-order valence-electron chi connectivity index (χ0n) is 11.4. The summed E-state index contributed by atoms with van der Waals surface area (Å²) in [4.78, 5) is 17.3. The third-order valence-corrected chi connectivity index (χ3v) is 3.00. The minimum Gasteiger partial charge on any atom is -0.236 e. The van der Waals surface area contributed by atoms with E-state index in [0.717, 1.165) is 16.7 Å². The van der Waals surface area contributed by atoms with Crippen molar-refractivity contribution in [3.8, 4) is 22.8 Å². The molecule has 98 valence electrons. The second kappa shape index (κ2) is 5.17. The summed E-state index contributed by atoms with van der Waals surface area (Å²) < 4.78 is 0. The Morgan fingerprint density at radius 3 is 1.65 bits per heavy atom. The molecule has 1 aromatic carbocycles. The van der Waals surface area contributed by atoms with Crippen LogP contribution >= 0.6 is 0 Å².